The van der Waals surface area contributed by atoms with E-state index in [4.69, 9.17) is 0 Å². The summed E-state index contributed by atoms with van der Waals surface area (Å²) in [6.45, 7) is 5.63. The molecular weight excluding hydrogens is 556 g/mol. The molecule has 224 valence electrons. The largest absolute Gasteiger partial charge is 0.481 e. The Morgan fingerprint density at radius 1 is 0.860 bits per heavy atom. The Kier molecular flexibility index (Phi) is 9.23. The Morgan fingerprint density at radius 2 is 1.44 bits per heavy atom. The molecule has 3 aromatic rings. The number of nitro benzene ring substituents is 1. The number of nitrogens with one attached hydrogen (secondary N) is 3. The van der Waals surface area contributed by atoms with Crippen molar-refractivity contribution >= 4 is 41.0 Å². The van der Waals surface area contributed by atoms with Gasteiger partial charge in [-0.25, -0.2) is 9.59 Å². The first-order chi connectivity index (χ1) is 20.4. The van der Waals surface area contributed by atoms with Crippen LogP contribution < -0.4 is 16.0 Å². The third kappa shape index (κ3) is 7.64. The highest BCUT2D eigenvalue weighted by Crippen LogP contribution is 2.25. The molecule has 0 saturated carbocycles. The minimum Gasteiger partial charge on any atom is -0.481 e. The summed E-state index contributed by atoms with van der Waals surface area (Å²) in [5.41, 5.74) is 3.63. The smallest absolute Gasteiger partial charge is 0.323 e. The number of hydrogen-bond donors (Lipinski definition) is 4. The highest BCUT2D eigenvalue weighted by atomic mass is 16.6. The summed E-state index contributed by atoms with van der Waals surface area (Å²) < 4.78 is 0. The van der Waals surface area contributed by atoms with E-state index in [0.717, 1.165) is 16.7 Å². The zero-order valence-electron chi connectivity index (χ0n) is 23.9. The lowest BCUT2D eigenvalue weighted by molar-refractivity contribution is -0.384. The molecule has 2 unspecified atom stereocenters. The van der Waals surface area contributed by atoms with E-state index in [1.54, 1.807) is 30.3 Å². The van der Waals surface area contributed by atoms with Crippen molar-refractivity contribution < 1.29 is 29.2 Å². The maximum absolute atomic E-state index is 13.8. The van der Waals surface area contributed by atoms with Gasteiger partial charge in [0.1, 0.15) is 0 Å². The second kappa shape index (κ2) is 13.0. The molecule has 1 aliphatic heterocycles. The van der Waals surface area contributed by atoms with Gasteiger partial charge in [-0.15, -0.1) is 0 Å². The van der Waals surface area contributed by atoms with Crippen molar-refractivity contribution in [1.82, 2.24) is 15.1 Å². The zero-order chi connectivity index (χ0) is 31.3. The van der Waals surface area contributed by atoms with Gasteiger partial charge in [-0.3, -0.25) is 29.5 Å². The summed E-state index contributed by atoms with van der Waals surface area (Å²) in [4.78, 5) is 65.5. The van der Waals surface area contributed by atoms with Gasteiger partial charge in [0.2, 0.25) is 0 Å². The van der Waals surface area contributed by atoms with Gasteiger partial charge >= 0.3 is 18.0 Å². The first kappa shape index (κ1) is 30.5. The Hall–Kier alpha value is -5.46. The minimum atomic E-state index is -1.45. The quantitative estimate of drug-likeness (QED) is 0.220. The van der Waals surface area contributed by atoms with E-state index < -0.39 is 47.5 Å². The maximum atomic E-state index is 13.8. The predicted octanol–water partition coefficient (Wildman–Crippen LogP) is 4.56. The summed E-state index contributed by atoms with van der Waals surface area (Å²) in [5, 5.41) is 29.0. The van der Waals surface area contributed by atoms with Crippen molar-refractivity contribution in [2.24, 2.45) is 0 Å². The molecule has 0 bridgehead atoms. The summed E-state index contributed by atoms with van der Waals surface area (Å²) in [7, 11) is 0. The summed E-state index contributed by atoms with van der Waals surface area (Å²) in [6.07, 6.45) is -2.05. The number of non-ortho nitro benzene ring substituents is 1. The molecule has 0 radical (unpaired) electrons. The molecule has 2 atom stereocenters. The molecule has 5 amide bonds. The molecule has 1 heterocycles. The van der Waals surface area contributed by atoms with Crippen molar-refractivity contribution in [1.29, 1.82) is 0 Å². The predicted molar refractivity (Wildman–Crippen MR) is 159 cm³/mol. The first-order valence-electron chi connectivity index (χ1n) is 13.5. The highest BCUT2D eigenvalue weighted by molar-refractivity contribution is 5.98. The van der Waals surface area contributed by atoms with Crippen LogP contribution in [0.5, 0.6) is 0 Å². The molecule has 3 aromatic carbocycles. The average molecular weight is 589 g/mol. The van der Waals surface area contributed by atoms with E-state index in [2.05, 4.69) is 16.0 Å². The molecule has 0 aromatic heterocycles. The van der Waals surface area contributed by atoms with Crippen molar-refractivity contribution in [3.8, 4) is 0 Å². The number of carbonyl (C=O) groups is 4. The van der Waals surface area contributed by atoms with Gasteiger partial charge in [-0.2, -0.15) is 0 Å². The lowest BCUT2D eigenvalue weighted by atomic mass is 10.0. The van der Waals surface area contributed by atoms with Gasteiger partial charge in [-0.1, -0.05) is 30.3 Å². The summed E-state index contributed by atoms with van der Waals surface area (Å²) >= 11 is 0. The number of carboxylic acid groups (broad SMARTS) is 1. The van der Waals surface area contributed by atoms with Crippen molar-refractivity contribution in [2.45, 2.75) is 39.4 Å². The fourth-order valence-corrected chi connectivity index (χ4v) is 5.03. The zero-order valence-corrected chi connectivity index (χ0v) is 23.9. The van der Waals surface area contributed by atoms with E-state index in [9.17, 15) is 34.4 Å². The number of carboxylic acids is 1. The topological polar surface area (TPSA) is 174 Å². The van der Waals surface area contributed by atoms with Crippen LogP contribution in [0.1, 0.15) is 34.7 Å². The number of hydrogen-bond acceptors (Lipinski definition) is 6. The number of rotatable bonds is 8. The Balaban J connectivity index is 1.65. The number of urea groups is 2. The van der Waals surface area contributed by atoms with Crippen molar-refractivity contribution in [2.75, 3.05) is 23.7 Å². The molecule has 0 aliphatic carbocycles. The van der Waals surface area contributed by atoms with Crippen LogP contribution in [0.25, 0.3) is 0 Å². The molecule has 1 saturated heterocycles. The van der Waals surface area contributed by atoms with Crippen molar-refractivity contribution in [3.05, 3.63) is 99.1 Å². The second-order valence-corrected chi connectivity index (χ2v) is 10.4. The van der Waals surface area contributed by atoms with E-state index in [1.807, 2.05) is 32.9 Å². The monoisotopic (exact) mass is 588 g/mol. The SMILES string of the molecule is Cc1cccc(NC(=O)N2CCN(C(=O)Nc3cc(C)cc(C)c3)C2C(=O)NC(CC(=O)O)c2cccc([N+](=O)[O-])c2)c1. The van der Waals surface area contributed by atoms with E-state index in [1.165, 1.54) is 34.1 Å². The van der Waals surface area contributed by atoms with Crippen LogP contribution in [0.2, 0.25) is 0 Å². The Morgan fingerprint density at radius 3 is 2.02 bits per heavy atom. The van der Waals surface area contributed by atoms with E-state index in [0.29, 0.717) is 11.4 Å². The standard InChI is InChI=1S/C30H32N6O7/c1-18-6-4-8-22(13-18)31-29(40)34-10-11-35(30(41)32-23-14-19(2)12-20(3)15-23)28(34)27(39)33-25(17-26(37)38)21-7-5-9-24(16-21)36(42)43/h4-9,12-16,25,28H,10-11,17H2,1-3H3,(H,31,40)(H,32,41)(H,33,39)(H,37,38). The number of benzene rings is 3. The van der Waals surface area contributed by atoms with Crippen LogP contribution in [0.3, 0.4) is 0 Å². The fraction of sp³-hybridized carbons (Fsp3) is 0.267. The maximum Gasteiger partial charge on any atom is 0.323 e. The number of aliphatic carboxylic acids is 1. The third-order valence-corrected chi connectivity index (χ3v) is 6.85. The average Bonchev–Trinajstić information content (AvgIpc) is 3.38. The van der Waals surface area contributed by atoms with Crippen molar-refractivity contribution in [3.63, 3.8) is 0 Å². The number of carbonyl (C=O) groups excluding carboxylic acids is 3. The normalized spacial score (nSPS) is 15.0. The number of anilines is 2. The van der Waals surface area contributed by atoms with Crippen LogP contribution in [0.4, 0.5) is 26.7 Å². The lowest BCUT2D eigenvalue weighted by Gasteiger charge is -2.31. The number of aryl methyl sites for hydroxylation is 3. The minimum absolute atomic E-state index is 0.0103. The molecule has 13 nitrogen and oxygen atoms in total. The molecule has 13 heteroatoms. The van der Waals surface area contributed by atoms with Gasteiger partial charge in [0, 0.05) is 36.6 Å². The molecular formula is C30H32N6O7. The molecule has 1 fully saturated rings. The number of amides is 5. The third-order valence-electron chi connectivity index (χ3n) is 6.85. The van der Waals surface area contributed by atoms with Gasteiger partial charge in [0.25, 0.3) is 11.6 Å². The van der Waals surface area contributed by atoms with Gasteiger partial charge in [-0.05, 0) is 67.3 Å². The van der Waals surface area contributed by atoms with Crippen LogP contribution >= 0.6 is 0 Å². The summed E-state index contributed by atoms with van der Waals surface area (Å²) in [5.74, 6) is -2.09. The van der Waals surface area contributed by atoms with Gasteiger partial charge in [0.15, 0.2) is 6.17 Å². The Bertz CT molecular complexity index is 1560. The highest BCUT2D eigenvalue weighted by Gasteiger charge is 2.43. The van der Waals surface area contributed by atoms with Crippen LogP contribution in [0.15, 0.2) is 66.7 Å². The fourth-order valence-electron chi connectivity index (χ4n) is 5.03. The number of nitro groups is 1. The summed E-state index contributed by atoms with van der Waals surface area (Å²) in [6, 6.07) is 15.3. The first-order valence-corrected chi connectivity index (χ1v) is 13.5. The van der Waals surface area contributed by atoms with Gasteiger partial charge < -0.3 is 21.1 Å². The van der Waals surface area contributed by atoms with E-state index in [-0.39, 0.29) is 24.3 Å². The Labute approximate surface area is 247 Å². The lowest BCUT2D eigenvalue weighted by Crippen LogP contribution is -2.56. The van der Waals surface area contributed by atoms with Crippen LogP contribution in [-0.4, -0.2) is 63.0 Å². The number of nitrogens with zero attached hydrogens (tertiary/aromatic N) is 3. The molecule has 1 aliphatic rings. The molecule has 4 N–H and O–H groups in total. The van der Waals surface area contributed by atoms with Gasteiger partial charge in [0.05, 0.1) is 17.4 Å². The van der Waals surface area contributed by atoms with Crippen LogP contribution in [-0.2, 0) is 9.59 Å². The van der Waals surface area contributed by atoms with Crippen LogP contribution in [0, 0.1) is 30.9 Å². The molecule has 4 rings (SSSR count). The second-order valence-electron chi connectivity index (χ2n) is 10.4. The molecule has 43 heavy (non-hydrogen) atoms. The molecule has 0 spiro atoms. The van der Waals surface area contributed by atoms with E-state index >= 15 is 0 Å².